The van der Waals surface area contributed by atoms with Crippen LogP contribution in [-0.2, 0) is 11.2 Å². The van der Waals surface area contributed by atoms with Crippen molar-refractivity contribution in [3.8, 4) is 5.75 Å². The van der Waals surface area contributed by atoms with Gasteiger partial charge in [0.2, 0.25) is 0 Å². The van der Waals surface area contributed by atoms with Gasteiger partial charge < -0.3 is 9.84 Å². The van der Waals surface area contributed by atoms with Crippen LogP contribution in [0, 0.1) is 0 Å². The summed E-state index contributed by atoms with van der Waals surface area (Å²) in [7, 11) is 1.58. The molecule has 2 N–H and O–H groups in total. The molecule has 0 saturated heterocycles. The highest BCUT2D eigenvalue weighted by Crippen LogP contribution is 2.12. The number of halogens is 1. The molecule has 0 heterocycles. The van der Waals surface area contributed by atoms with Gasteiger partial charge in [0.1, 0.15) is 11.8 Å². The first-order valence-corrected chi connectivity index (χ1v) is 4.77. The summed E-state index contributed by atoms with van der Waals surface area (Å²) >= 11 is 5.32. The molecule has 0 aromatic heterocycles. The van der Waals surface area contributed by atoms with Crippen molar-refractivity contribution in [1.82, 2.24) is 4.84 Å². The summed E-state index contributed by atoms with van der Waals surface area (Å²) in [5, 5.41) is 8.76. The van der Waals surface area contributed by atoms with Crippen LogP contribution in [0.25, 0.3) is 0 Å². The summed E-state index contributed by atoms with van der Waals surface area (Å²) in [4.78, 5) is 12.9. The van der Waals surface area contributed by atoms with E-state index < -0.39 is 12.0 Å². The van der Waals surface area contributed by atoms with E-state index in [0.717, 1.165) is 11.3 Å². The average Bonchev–Trinajstić information content (AvgIpc) is 2.26. The SMILES string of the molecule is COc1ccc(CC(NCl)C(=O)O)cc1. The Balaban J connectivity index is 2.67. The Morgan fingerprint density at radius 2 is 2.13 bits per heavy atom. The number of methoxy groups -OCH3 is 1. The molecule has 0 aliphatic rings. The van der Waals surface area contributed by atoms with Gasteiger partial charge in [-0.15, -0.1) is 0 Å². The lowest BCUT2D eigenvalue weighted by Crippen LogP contribution is -2.32. The molecular formula is C10H12ClNO3. The molecule has 1 unspecified atom stereocenters. The monoisotopic (exact) mass is 229 g/mol. The summed E-state index contributed by atoms with van der Waals surface area (Å²) in [6, 6.07) is 6.40. The van der Waals surface area contributed by atoms with Gasteiger partial charge in [0, 0.05) is 0 Å². The van der Waals surface area contributed by atoms with Gasteiger partial charge in [-0.1, -0.05) is 12.1 Å². The number of aliphatic carboxylic acids is 1. The molecule has 1 rings (SSSR count). The zero-order valence-electron chi connectivity index (χ0n) is 8.24. The van der Waals surface area contributed by atoms with E-state index in [1.54, 1.807) is 19.2 Å². The van der Waals surface area contributed by atoms with Crippen molar-refractivity contribution in [1.29, 1.82) is 0 Å². The van der Waals surface area contributed by atoms with Crippen LogP contribution in [0.3, 0.4) is 0 Å². The number of carboxylic acids is 1. The second kappa shape index (κ2) is 5.58. The summed E-state index contributed by atoms with van der Waals surface area (Å²) in [5.74, 6) is -0.231. The number of carboxylic acid groups (broad SMARTS) is 1. The Morgan fingerprint density at radius 3 is 2.53 bits per heavy atom. The van der Waals surface area contributed by atoms with Crippen molar-refractivity contribution in [3.05, 3.63) is 29.8 Å². The molecule has 1 aromatic carbocycles. The van der Waals surface area contributed by atoms with Crippen molar-refractivity contribution >= 4 is 17.7 Å². The molecule has 1 atom stereocenters. The smallest absolute Gasteiger partial charge is 0.322 e. The van der Waals surface area contributed by atoms with E-state index in [2.05, 4.69) is 4.84 Å². The molecule has 0 bridgehead atoms. The zero-order chi connectivity index (χ0) is 11.3. The fourth-order valence-electron chi connectivity index (χ4n) is 1.17. The molecule has 15 heavy (non-hydrogen) atoms. The van der Waals surface area contributed by atoms with Crippen LogP contribution in [-0.4, -0.2) is 24.2 Å². The maximum Gasteiger partial charge on any atom is 0.322 e. The lowest BCUT2D eigenvalue weighted by atomic mass is 10.1. The predicted octanol–water partition coefficient (Wildman–Crippen LogP) is 1.43. The normalized spacial score (nSPS) is 12.1. The Kier molecular flexibility index (Phi) is 4.39. The topological polar surface area (TPSA) is 58.6 Å². The molecule has 0 aliphatic heterocycles. The maximum atomic E-state index is 10.7. The fourth-order valence-corrected chi connectivity index (χ4v) is 1.34. The van der Waals surface area contributed by atoms with Gasteiger partial charge in [0.05, 0.1) is 7.11 Å². The first-order valence-electron chi connectivity index (χ1n) is 4.39. The van der Waals surface area contributed by atoms with Gasteiger partial charge in [0.15, 0.2) is 0 Å². The molecule has 0 fully saturated rings. The van der Waals surface area contributed by atoms with E-state index in [0.29, 0.717) is 6.42 Å². The first-order chi connectivity index (χ1) is 7.17. The Morgan fingerprint density at radius 1 is 1.53 bits per heavy atom. The van der Waals surface area contributed by atoms with Crippen molar-refractivity contribution in [2.24, 2.45) is 0 Å². The van der Waals surface area contributed by atoms with Crippen molar-refractivity contribution in [2.75, 3.05) is 7.11 Å². The highest BCUT2D eigenvalue weighted by Gasteiger charge is 2.16. The maximum absolute atomic E-state index is 10.7. The largest absolute Gasteiger partial charge is 0.497 e. The molecule has 0 aliphatic carbocycles. The fraction of sp³-hybridized carbons (Fsp3) is 0.300. The van der Waals surface area contributed by atoms with Crippen LogP contribution >= 0.6 is 11.8 Å². The molecular weight excluding hydrogens is 218 g/mol. The lowest BCUT2D eigenvalue weighted by Gasteiger charge is -2.09. The van der Waals surface area contributed by atoms with Crippen LogP contribution in [0.15, 0.2) is 24.3 Å². The molecule has 82 valence electrons. The summed E-state index contributed by atoms with van der Waals surface area (Å²) in [5.41, 5.74) is 0.886. The van der Waals surface area contributed by atoms with Crippen LogP contribution in [0.5, 0.6) is 5.75 Å². The van der Waals surface area contributed by atoms with E-state index in [1.165, 1.54) is 0 Å². The number of rotatable bonds is 5. The Hall–Kier alpha value is -1.26. The predicted molar refractivity (Wildman–Crippen MR) is 57.1 cm³/mol. The van der Waals surface area contributed by atoms with Crippen molar-refractivity contribution in [3.63, 3.8) is 0 Å². The highest BCUT2D eigenvalue weighted by atomic mass is 35.5. The molecule has 0 spiro atoms. The Bertz CT molecular complexity index is 326. The van der Waals surface area contributed by atoms with Gasteiger partial charge in [-0.3, -0.25) is 4.79 Å². The number of hydrogen-bond acceptors (Lipinski definition) is 3. The van der Waals surface area contributed by atoms with Gasteiger partial charge in [-0.25, -0.2) is 4.84 Å². The second-order valence-electron chi connectivity index (χ2n) is 3.05. The average molecular weight is 230 g/mol. The molecule has 0 saturated carbocycles. The minimum Gasteiger partial charge on any atom is -0.497 e. The summed E-state index contributed by atoms with van der Waals surface area (Å²) < 4.78 is 4.99. The van der Waals surface area contributed by atoms with Gasteiger partial charge in [0.25, 0.3) is 0 Å². The summed E-state index contributed by atoms with van der Waals surface area (Å²) in [6.07, 6.45) is 0.336. The number of nitrogens with one attached hydrogen (secondary N) is 1. The van der Waals surface area contributed by atoms with Crippen molar-refractivity contribution < 1.29 is 14.6 Å². The minimum atomic E-state index is -0.971. The lowest BCUT2D eigenvalue weighted by molar-refractivity contribution is -0.138. The van der Waals surface area contributed by atoms with E-state index >= 15 is 0 Å². The standard InChI is InChI=1S/C10H12ClNO3/c1-15-8-4-2-7(3-5-8)6-9(12-11)10(13)14/h2-5,9,12H,6H2,1H3,(H,13,14). The number of benzene rings is 1. The number of ether oxygens (including phenoxy) is 1. The third kappa shape index (κ3) is 3.42. The zero-order valence-corrected chi connectivity index (χ0v) is 8.99. The second-order valence-corrected chi connectivity index (χ2v) is 3.27. The van der Waals surface area contributed by atoms with Crippen LogP contribution in [0.1, 0.15) is 5.56 Å². The molecule has 4 nitrogen and oxygen atoms in total. The highest BCUT2D eigenvalue weighted by molar-refractivity contribution is 6.14. The van der Waals surface area contributed by atoms with Crippen LogP contribution in [0.2, 0.25) is 0 Å². The number of carbonyl (C=O) groups is 1. The van der Waals surface area contributed by atoms with Crippen LogP contribution < -0.4 is 9.57 Å². The van der Waals surface area contributed by atoms with Gasteiger partial charge >= 0.3 is 5.97 Å². The van der Waals surface area contributed by atoms with E-state index in [1.807, 2.05) is 12.1 Å². The quantitative estimate of drug-likeness (QED) is 0.750. The van der Waals surface area contributed by atoms with E-state index in [4.69, 9.17) is 21.6 Å². The summed E-state index contributed by atoms with van der Waals surface area (Å²) in [6.45, 7) is 0. The van der Waals surface area contributed by atoms with Gasteiger partial charge in [-0.05, 0) is 35.9 Å². The van der Waals surface area contributed by atoms with E-state index in [9.17, 15) is 4.79 Å². The third-order valence-electron chi connectivity index (χ3n) is 2.03. The minimum absolute atomic E-state index is 0.336. The number of hydrogen-bond donors (Lipinski definition) is 2. The molecule has 5 heteroatoms. The van der Waals surface area contributed by atoms with Crippen molar-refractivity contribution in [2.45, 2.75) is 12.5 Å². The molecule has 0 radical (unpaired) electrons. The third-order valence-corrected chi connectivity index (χ3v) is 2.29. The van der Waals surface area contributed by atoms with Gasteiger partial charge in [-0.2, -0.15) is 0 Å². The van der Waals surface area contributed by atoms with Crippen LogP contribution in [0.4, 0.5) is 0 Å². The molecule has 0 amide bonds. The Labute approximate surface area is 92.9 Å². The first kappa shape index (κ1) is 11.8. The molecule has 1 aromatic rings. The van der Waals surface area contributed by atoms with E-state index in [-0.39, 0.29) is 0 Å².